The third kappa shape index (κ3) is 5.02. The number of thiophene rings is 1. The summed E-state index contributed by atoms with van der Waals surface area (Å²) < 4.78 is 3.11. The van der Waals surface area contributed by atoms with Gasteiger partial charge < -0.3 is 9.69 Å². The molecule has 30 heavy (non-hydrogen) atoms. The Kier molecular flexibility index (Phi) is 7.02. The first kappa shape index (κ1) is 21.3. The van der Waals surface area contributed by atoms with E-state index in [9.17, 15) is 9.59 Å². The molecule has 1 aliphatic heterocycles. The van der Waals surface area contributed by atoms with Crippen molar-refractivity contribution in [2.75, 3.05) is 25.4 Å². The van der Waals surface area contributed by atoms with Gasteiger partial charge >= 0.3 is 0 Å². The number of piperidine rings is 1. The van der Waals surface area contributed by atoms with Crippen LogP contribution < -0.4 is 5.56 Å². The van der Waals surface area contributed by atoms with Crippen molar-refractivity contribution in [3.8, 4) is 0 Å². The van der Waals surface area contributed by atoms with Gasteiger partial charge in [0.1, 0.15) is 11.9 Å². The summed E-state index contributed by atoms with van der Waals surface area (Å²) in [4.78, 5) is 31.2. The number of fused-ring (bicyclic) bond motifs is 1. The average Bonchev–Trinajstić information content (AvgIpc) is 3.30. The summed E-state index contributed by atoms with van der Waals surface area (Å²) in [5.74, 6) is 1.09. The Morgan fingerprint density at radius 3 is 2.77 bits per heavy atom. The molecule has 4 rings (SSSR count). The molecule has 0 spiro atoms. The van der Waals surface area contributed by atoms with E-state index in [2.05, 4.69) is 27.4 Å². The van der Waals surface area contributed by atoms with Crippen LogP contribution in [0.5, 0.6) is 0 Å². The average molecular weight is 442 g/mol. The number of carbonyl (C=O) groups excluding carboxylic acids is 1. The molecule has 3 aromatic heterocycles. The van der Waals surface area contributed by atoms with Crippen molar-refractivity contribution in [1.82, 2.24) is 14.5 Å². The monoisotopic (exact) mass is 441 g/mol. The van der Waals surface area contributed by atoms with Crippen molar-refractivity contribution in [3.05, 3.63) is 58.3 Å². The van der Waals surface area contributed by atoms with Gasteiger partial charge in [-0.2, -0.15) is 0 Å². The molecule has 7 heteroatoms. The molecule has 0 radical (unpaired) electrons. The fourth-order valence-electron chi connectivity index (χ4n) is 4.20. The third-order valence-corrected chi connectivity index (χ3v) is 8.16. The van der Waals surface area contributed by atoms with Gasteiger partial charge in [0.2, 0.25) is 0 Å². The van der Waals surface area contributed by atoms with Crippen LogP contribution >= 0.6 is 23.1 Å². The standard InChI is InChI=1S/C23H27N3O2S2/c27-18-23(9-13-25(14-10-23)15-17-30-21-5-2-16-29-21)8-3-12-26-20(28)7-6-19-4-1-11-24-22(19)26/h1-2,4-7,11,16,18H,3,8-10,12-15,17H2. The van der Waals surface area contributed by atoms with Crippen LogP contribution in [0.25, 0.3) is 11.0 Å². The normalized spacial score (nSPS) is 16.7. The summed E-state index contributed by atoms with van der Waals surface area (Å²) >= 11 is 3.70. The number of pyridine rings is 2. The van der Waals surface area contributed by atoms with E-state index in [-0.39, 0.29) is 11.0 Å². The van der Waals surface area contributed by atoms with E-state index < -0.39 is 0 Å². The topological polar surface area (TPSA) is 55.2 Å². The molecule has 0 amide bonds. The van der Waals surface area contributed by atoms with Crippen LogP contribution in [0.3, 0.4) is 0 Å². The minimum atomic E-state index is -0.251. The van der Waals surface area contributed by atoms with Gasteiger partial charge in [-0.25, -0.2) is 4.98 Å². The van der Waals surface area contributed by atoms with Crippen LogP contribution in [-0.2, 0) is 11.3 Å². The number of likely N-dealkylation sites (tertiary alicyclic amines) is 1. The maximum absolute atomic E-state index is 12.3. The zero-order chi connectivity index (χ0) is 20.8. The highest BCUT2D eigenvalue weighted by Gasteiger charge is 2.33. The predicted octanol–water partition coefficient (Wildman–Crippen LogP) is 4.31. The van der Waals surface area contributed by atoms with E-state index in [0.717, 1.165) is 62.1 Å². The van der Waals surface area contributed by atoms with Crippen molar-refractivity contribution >= 4 is 40.4 Å². The minimum Gasteiger partial charge on any atom is -0.303 e. The van der Waals surface area contributed by atoms with Crippen LogP contribution in [0.2, 0.25) is 0 Å². The highest BCUT2D eigenvalue weighted by molar-refractivity contribution is 8.01. The fourth-order valence-corrected chi connectivity index (χ4v) is 6.06. The molecule has 0 aliphatic carbocycles. The van der Waals surface area contributed by atoms with Gasteiger partial charge in [-0.15, -0.1) is 23.1 Å². The van der Waals surface area contributed by atoms with Gasteiger partial charge in [0.25, 0.3) is 5.56 Å². The lowest BCUT2D eigenvalue weighted by molar-refractivity contribution is -0.119. The van der Waals surface area contributed by atoms with Gasteiger partial charge in [0.15, 0.2) is 0 Å². The van der Waals surface area contributed by atoms with Gasteiger partial charge in [0.05, 0.1) is 4.21 Å². The molecule has 1 saturated heterocycles. The Bertz CT molecular complexity index is 1020. The molecular weight excluding hydrogens is 414 g/mol. The molecule has 0 bridgehead atoms. The zero-order valence-electron chi connectivity index (χ0n) is 17.0. The summed E-state index contributed by atoms with van der Waals surface area (Å²) in [6, 6.07) is 11.5. The van der Waals surface area contributed by atoms with Crippen molar-refractivity contribution in [1.29, 1.82) is 0 Å². The Hall–Kier alpha value is -1.96. The Labute approximate surface area is 185 Å². The maximum atomic E-state index is 12.3. The minimum absolute atomic E-state index is 0.0283. The Morgan fingerprint density at radius 2 is 2.00 bits per heavy atom. The highest BCUT2D eigenvalue weighted by Crippen LogP contribution is 2.34. The quantitative estimate of drug-likeness (QED) is 0.366. The Morgan fingerprint density at radius 1 is 1.13 bits per heavy atom. The van der Waals surface area contributed by atoms with Crippen LogP contribution in [-0.4, -0.2) is 46.1 Å². The predicted molar refractivity (Wildman–Crippen MR) is 124 cm³/mol. The highest BCUT2D eigenvalue weighted by atomic mass is 32.2. The molecule has 4 heterocycles. The molecule has 1 fully saturated rings. The largest absolute Gasteiger partial charge is 0.303 e. The Balaban J connectivity index is 1.29. The van der Waals surface area contributed by atoms with Crippen molar-refractivity contribution in [3.63, 3.8) is 0 Å². The fraction of sp³-hybridized carbons (Fsp3) is 0.435. The van der Waals surface area contributed by atoms with Crippen LogP contribution in [0.1, 0.15) is 25.7 Å². The molecule has 0 aromatic carbocycles. The summed E-state index contributed by atoms with van der Waals surface area (Å²) in [6.07, 6.45) is 6.34. The second-order valence-corrected chi connectivity index (χ2v) is 10.3. The number of rotatable bonds is 9. The van der Waals surface area contributed by atoms with Crippen LogP contribution in [0.15, 0.2) is 57.0 Å². The molecule has 1 aliphatic rings. The lowest BCUT2D eigenvalue weighted by Gasteiger charge is -2.38. The number of aldehydes is 1. The second kappa shape index (κ2) is 9.90. The first-order chi connectivity index (χ1) is 14.7. The summed E-state index contributed by atoms with van der Waals surface area (Å²) in [6.45, 7) is 3.61. The maximum Gasteiger partial charge on any atom is 0.252 e. The molecule has 0 saturated carbocycles. The summed E-state index contributed by atoms with van der Waals surface area (Å²) in [7, 11) is 0. The number of carbonyl (C=O) groups is 1. The molecular formula is C23H27N3O2S2. The van der Waals surface area contributed by atoms with Crippen LogP contribution in [0.4, 0.5) is 0 Å². The smallest absolute Gasteiger partial charge is 0.252 e. The van der Waals surface area contributed by atoms with E-state index in [1.807, 2.05) is 30.0 Å². The first-order valence-electron chi connectivity index (χ1n) is 10.5. The summed E-state index contributed by atoms with van der Waals surface area (Å²) in [5.41, 5.74) is 0.446. The van der Waals surface area contributed by atoms with E-state index in [4.69, 9.17) is 0 Å². The van der Waals surface area contributed by atoms with Gasteiger partial charge in [-0.3, -0.25) is 9.36 Å². The van der Waals surface area contributed by atoms with Gasteiger partial charge in [-0.05, 0) is 68.4 Å². The van der Waals surface area contributed by atoms with E-state index in [0.29, 0.717) is 6.54 Å². The summed E-state index contributed by atoms with van der Waals surface area (Å²) in [5, 5.41) is 3.08. The number of hydrogen-bond acceptors (Lipinski definition) is 6. The number of thioether (sulfide) groups is 1. The lowest BCUT2D eigenvalue weighted by Crippen LogP contribution is -2.42. The molecule has 0 N–H and O–H groups in total. The van der Waals surface area contributed by atoms with E-state index in [1.165, 1.54) is 10.5 Å². The zero-order valence-corrected chi connectivity index (χ0v) is 18.7. The van der Waals surface area contributed by atoms with Crippen LogP contribution in [0, 0.1) is 5.41 Å². The second-order valence-electron chi connectivity index (χ2n) is 7.95. The van der Waals surface area contributed by atoms with Crippen molar-refractivity contribution in [2.24, 2.45) is 5.41 Å². The van der Waals surface area contributed by atoms with Crippen molar-refractivity contribution in [2.45, 2.75) is 36.4 Å². The van der Waals surface area contributed by atoms with E-state index >= 15 is 0 Å². The number of nitrogens with zero attached hydrogens (tertiary/aromatic N) is 3. The lowest BCUT2D eigenvalue weighted by atomic mass is 9.76. The number of hydrogen-bond donors (Lipinski definition) is 0. The number of aromatic nitrogens is 2. The third-order valence-electron chi connectivity index (χ3n) is 6.05. The first-order valence-corrected chi connectivity index (χ1v) is 12.4. The molecule has 0 unspecified atom stereocenters. The van der Waals surface area contributed by atoms with Gasteiger partial charge in [0, 0.05) is 41.9 Å². The van der Waals surface area contributed by atoms with E-state index in [1.54, 1.807) is 28.2 Å². The molecule has 3 aromatic rings. The molecule has 0 atom stereocenters. The molecule has 5 nitrogen and oxygen atoms in total. The van der Waals surface area contributed by atoms with Gasteiger partial charge in [-0.1, -0.05) is 6.07 Å². The number of aryl methyl sites for hydroxylation is 1. The molecule has 158 valence electrons. The van der Waals surface area contributed by atoms with Crippen molar-refractivity contribution < 1.29 is 4.79 Å². The SMILES string of the molecule is O=CC1(CCCn2c(=O)ccc3cccnc32)CCN(CCSc2cccs2)CC1.